The standard InChI is InChI=1S/C25H27N3O3S/c26-24(29)15-18-1-3-19(4-2-18)20-5-7-21(8-6-20)22-16-23(32-17-22)25(30)27-9-10-28-11-13-31-14-12-28/h1-8,16-17H,9-15H2,(H2,26,29)(H,27,30). The third kappa shape index (κ3) is 5.82. The van der Waals surface area contributed by atoms with E-state index in [1.54, 1.807) is 0 Å². The highest BCUT2D eigenvalue weighted by molar-refractivity contribution is 7.12. The van der Waals surface area contributed by atoms with Crippen LogP contribution in [0.3, 0.4) is 0 Å². The van der Waals surface area contributed by atoms with Crippen LogP contribution in [0.5, 0.6) is 0 Å². The van der Waals surface area contributed by atoms with Gasteiger partial charge in [0.1, 0.15) is 0 Å². The zero-order chi connectivity index (χ0) is 22.3. The highest BCUT2D eigenvalue weighted by Crippen LogP contribution is 2.28. The fourth-order valence-electron chi connectivity index (χ4n) is 3.72. The van der Waals surface area contributed by atoms with Gasteiger partial charge in [-0.1, -0.05) is 48.5 Å². The molecule has 3 N–H and O–H groups in total. The Morgan fingerprint density at radius 1 is 0.938 bits per heavy atom. The van der Waals surface area contributed by atoms with Crippen molar-refractivity contribution >= 4 is 23.2 Å². The molecular weight excluding hydrogens is 422 g/mol. The minimum absolute atomic E-state index is 0.0258. The summed E-state index contributed by atoms with van der Waals surface area (Å²) in [5.41, 5.74) is 10.4. The Balaban J connectivity index is 1.34. The van der Waals surface area contributed by atoms with Gasteiger partial charge in [0.15, 0.2) is 0 Å². The summed E-state index contributed by atoms with van der Waals surface area (Å²) in [5.74, 6) is -0.356. The minimum Gasteiger partial charge on any atom is -0.379 e. The van der Waals surface area contributed by atoms with Crippen molar-refractivity contribution in [3.05, 3.63) is 70.4 Å². The number of carbonyl (C=O) groups excluding carboxylic acids is 2. The first-order chi connectivity index (χ1) is 15.6. The highest BCUT2D eigenvalue weighted by Gasteiger charge is 2.13. The molecule has 0 aliphatic carbocycles. The van der Waals surface area contributed by atoms with E-state index in [2.05, 4.69) is 34.5 Å². The van der Waals surface area contributed by atoms with E-state index in [9.17, 15) is 9.59 Å². The monoisotopic (exact) mass is 449 g/mol. The van der Waals surface area contributed by atoms with Crippen LogP contribution in [-0.2, 0) is 16.0 Å². The van der Waals surface area contributed by atoms with Gasteiger partial charge < -0.3 is 15.8 Å². The van der Waals surface area contributed by atoms with E-state index in [-0.39, 0.29) is 18.2 Å². The number of amides is 2. The van der Waals surface area contributed by atoms with E-state index in [1.165, 1.54) is 11.3 Å². The SMILES string of the molecule is NC(=O)Cc1ccc(-c2ccc(-c3csc(C(=O)NCCN4CCOCC4)c3)cc2)cc1. The van der Waals surface area contributed by atoms with Gasteiger partial charge in [0, 0.05) is 26.2 Å². The van der Waals surface area contributed by atoms with E-state index in [0.29, 0.717) is 6.54 Å². The number of nitrogens with one attached hydrogen (secondary N) is 1. The van der Waals surface area contributed by atoms with Crippen LogP contribution >= 0.6 is 11.3 Å². The summed E-state index contributed by atoms with van der Waals surface area (Å²) in [6, 6.07) is 18.1. The zero-order valence-corrected chi connectivity index (χ0v) is 18.7. The fraction of sp³-hybridized carbons (Fsp3) is 0.280. The molecule has 1 saturated heterocycles. The molecular formula is C25H27N3O3S. The van der Waals surface area contributed by atoms with Crippen molar-refractivity contribution in [2.45, 2.75) is 6.42 Å². The Morgan fingerprint density at radius 2 is 1.53 bits per heavy atom. The molecule has 1 aromatic heterocycles. The van der Waals surface area contributed by atoms with Crippen LogP contribution in [0.15, 0.2) is 60.0 Å². The van der Waals surface area contributed by atoms with E-state index < -0.39 is 0 Å². The first-order valence-corrected chi connectivity index (χ1v) is 11.6. The molecule has 0 saturated carbocycles. The van der Waals surface area contributed by atoms with Crippen LogP contribution in [-0.4, -0.2) is 56.1 Å². The number of rotatable bonds is 8. The second kappa shape index (κ2) is 10.5. The van der Waals surface area contributed by atoms with Crippen molar-refractivity contribution in [1.29, 1.82) is 0 Å². The summed E-state index contributed by atoms with van der Waals surface area (Å²) in [6.45, 7) is 4.86. The molecule has 0 unspecified atom stereocenters. The Hall–Kier alpha value is -3.00. The molecule has 2 amide bonds. The van der Waals surface area contributed by atoms with Gasteiger partial charge in [0.25, 0.3) is 5.91 Å². The van der Waals surface area contributed by atoms with Gasteiger partial charge in [0.05, 0.1) is 24.5 Å². The maximum Gasteiger partial charge on any atom is 0.261 e. The topological polar surface area (TPSA) is 84.7 Å². The van der Waals surface area contributed by atoms with Gasteiger partial charge >= 0.3 is 0 Å². The Labute approximate surface area is 192 Å². The number of ether oxygens (including phenoxy) is 1. The second-order valence-corrected chi connectivity index (χ2v) is 8.74. The van der Waals surface area contributed by atoms with Crippen LogP contribution in [0, 0.1) is 0 Å². The maximum atomic E-state index is 12.5. The molecule has 0 spiro atoms. The molecule has 1 aliphatic heterocycles. The number of thiophene rings is 1. The lowest BCUT2D eigenvalue weighted by atomic mass is 10.00. The van der Waals surface area contributed by atoms with Gasteiger partial charge in [-0.05, 0) is 39.3 Å². The van der Waals surface area contributed by atoms with Crippen LogP contribution < -0.4 is 11.1 Å². The van der Waals surface area contributed by atoms with Crippen molar-refractivity contribution < 1.29 is 14.3 Å². The molecule has 1 aliphatic rings. The molecule has 2 heterocycles. The van der Waals surface area contributed by atoms with Gasteiger partial charge in [-0.3, -0.25) is 14.5 Å². The molecule has 6 nitrogen and oxygen atoms in total. The van der Waals surface area contributed by atoms with E-state index in [4.69, 9.17) is 10.5 Å². The smallest absolute Gasteiger partial charge is 0.261 e. The van der Waals surface area contributed by atoms with Crippen LogP contribution in [0.25, 0.3) is 22.3 Å². The molecule has 0 atom stereocenters. The summed E-state index contributed by atoms with van der Waals surface area (Å²) in [4.78, 5) is 26.6. The summed E-state index contributed by atoms with van der Waals surface area (Å²) in [7, 11) is 0. The van der Waals surface area contributed by atoms with Crippen molar-refractivity contribution in [2.24, 2.45) is 5.73 Å². The highest BCUT2D eigenvalue weighted by atomic mass is 32.1. The van der Waals surface area contributed by atoms with Gasteiger partial charge in [0.2, 0.25) is 5.91 Å². The van der Waals surface area contributed by atoms with Crippen molar-refractivity contribution in [2.75, 3.05) is 39.4 Å². The number of nitrogens with zero attached hydrogens (tertiary/aromatic N) is 1. The number of benzene rings is 2. The predicted molar refractivity (Wildman–Crippen MR) is 128 cm³/mol. The van der Waals surface area contributed by atoms with Crippen LogP contribution in [0.1, 0.15) is 15.2 Å². The normalized spacial score (nSPS) is 14.2. The molecule has 166 valence electrons. The number of morpholine rings is 1. The minimum atomic E-state index is -0.331. The number of hydrogen-bond donors (Lipinski definition) is 2. The quantitative estimate of drug-likeness (QED) is 0.553. The van der Waals surface area contributed by atoms with E-state index >= 15 is 0 Å². The predicted octanol–water partition coefficient (Wildman–Crippen LogP) is 3.17. The molecule has 0 radical (unpaired) electrons. The molecule has 4 rings (SSSR count). The van der Waals surface area contributed by atoms with Crippen LogP contribution in [0.4, 0.5) is 0 Å². The third-order valence-corrected chi connectivity index (χ3v) is 6.45. The number of carbonyl (C=O) groups is 2. The van der Waals surface area contributed by atoms with E-state index in [0.717, 1.165) is 65.5 Å². The molecule has 2 aromatic carbocycles. The fourth-order valence-corrected chi connectivity index (χ4v) is 4.55. The first kappa shape index (κ1) is 22.2. The number of primary amides is 1. The molecule has 7 heteroatoms. The number of nitrogens with two attached hydrogens (primary N) is 1. The molecule has 1 fully saturated rings. The molecule has 0 bridgehead atoms. The van der Waals surface area contributed by atoms with Crippen LogP contribution in [0.2, 0.25) is 0 Å². The Morgan fingerprint density at radius 3 is 2.16 bits per heavy atom. The maximum absolute atomic E-state index is 12.5. The Bertz CT molecular complexity index is 1050. The summed E-state index contributed by atoms with van der Waals surface area (Å²) in [5, 5.41) is 5.04. The van der Waals surface area contributed by atoms with Gasteiger partial charge in [-0.2, -0.15) is 0 Å². The summed E-state index contributed by atoms with van der Waals surface area (Å²) < 4.78 is 5.35. The first-order valence-electron chi connectivity index (χ1n) is 10.7. The average Bonchev–Trinajstić information content (AvgIpc) is 3.31. The largest absolute Gasteiger partial charge is 0.379 e. The van der Waals surface area contributed by atoms with Crippen molar-refractivity contribution in [3.63, 3.8) is 0 Å². The molecule has 32 heavy (non-hydrogen) atoms. The number of hydrogen-bond acceptors (Lipinski definition) is 5. The lowest BCUT2D eigenvalue weighted by Crippen LogP contribution is -2.41. The van der Waals surface area contributed by atoms with Gasteiger partial charge in [-0.25, -0.2) is 0 Å². The Kier molecular flexibility index (Phi) is 7.32. The summed E-state index contributed by atoms with van der Waals surface area (Å²) in [6.07, 6.45) is 0.250. The van der Waals surface area contributed by atoms with Crippen molar-refractivity contribution in [1.82, 2.24) is 10.2 Å². The van der Waals surface area contributed by atoms with Crippen molar-refractivity contribution in [3.8, 4) is 22.3 Å². The lowest BCUT2D eigenvalue weighted by molar-refractivity contribution is -0.117. The third-order valence-electron chi connectivity index (χ3n) is 5.52. The average molecular weight is 450 g/mol. The van der Waals surface area contributed by atoms with E-state index in [1.807, 2.05) is 35.7 Å². The lowest BCUT2D eigenvalue weighted by Gasteiger charge is -2.26. The van der Waals surface area contributed by atoms with Gasteiger partial charge in [-0.15, -0.1) is 11.3 Å². The zero-order valence-electron chi connectivity index (χ0n) is 17.9. The summed E-state index contributed by atoms with van der Waals surface area (Å²) >= 11 is 1.46. The molecule has 3 aromatic rings. The second-order valence-electron chi connectivity index (χ2n) is 7.83.